The van der Waals surface area contributed by atoms with E-state index >= 15 is 0 Å². The van der Waals surface area contributed by atoms with Crippen LogP contribution in [0.3, 0.4) is 0 Å². The summed E-state index contributed by atoms with van der Waals surface area (Å²) in [6, 6.07) is 8.73. The minimum atomic E-state index is -0.0644. The third-order valence-electron chi connectivity index (χ3n) is 3.79. The van der Waals surface area contributed by atoms with E-state index in [0.29, 0.717) is 22.9 Å². The predicted octanol–water partition coefficient (Wildman–Crippen LogP) is 2.66. The van der Waals surface area contributed by atoms with Gasteiger partial charge >= 0.3 is 0 Å². The second-order valence-electron chi connectivity index (χ2n) is 5.53. The van der Waals surface area contributed by atoms with E-state index in [4.69, 9.17) is 0 Å². The van der Waals surface area contributed by atoms with Crippen LogP contribution in [-0.4, -0.2) is 39.6 Å². The molecular weight excluding hydrogens is 292 g/mol. The first-order valence-electron chi connectivity index (χ1n) is 7.64. The van der Waals surface area contributed by atoms with E-state index in [2.05, 4.69) is 15.3 Å². The van der Waals surface area contributed by atoms with Gasteiger partial charge in [-0.3, -0.25) is 9.59 Å². The third-order valence-corrected chi connectivity index (χ3v) is 3.79. The summed E-state index contributed by atoms with van der Waals surface area (Å²) in [6.07, 6.45) is 3.65. The highest BCUT2D eigenvalue weighted by molar-refractivity contribution is 5.95. The maximum absolute atomic E-state index is 12.4. The van der Waals surface area contributed by atoms with Crippen molar-refractivity contribution in [2.45, 2.75) is 19.8 Å². The molecule has 0 aliphatic carbocycles. The molecule has 6 heteroatoms. The quantitative estimate of drug-likeness (QED) is 0.879. The lowest BCUT2D eigenvalue weighted by atomic mass is 10.1. The highest BCUT2D eigenvalue weighted by Gasteiger charge is 2.20. The van der Waals surface area contributed by atoms with Gasteiger partial charge in [0.2, 0.25) is 5.95 Å². The van der Waals surface area contributed by atoms with Gasteiger partial charge in [-0.1, -0.05) is 12.1 Å². The van der Waals surface area contributed by atoms with Crippen LogP contribution in [0.25, 0.3) is 0 Å². The zero-order chi connectivity index (χ0) is 16.2. The largest absolute Gasteiger partial charge is 0.337 e. The molecule has 1 aliphatic heterocycles. The van der Waals surface area contributed by atoms with Crippen molar-refractivity contribution in [3.63, 3.8) is 0 Å². The van der Waals surface area contributed by atoms with Crippen LogP contribution in [0.15, 0.2) is 36.5 Å². The van der Waals surface area contributed by atoms with E-state index in [1.54, 1.807) is 30.5 Å². The minimum absolute atomic E-state index is 0.00692. The standard InChI is InChI=1S/C17H18N4O2/c1-12(22)13-5-4-6-14(11-13)19-17-18-8-7-15(20-17)16(23)21-9-2-3-10-21/h4-8,11H,2-3,9-10H2,1H3,(H,18,19,20). The number of amides is 1. The number of nitrogens with one attached hydrogen (secondary N) is 1. The van der Waals surface area contributed by atoms with Crippen molar-refractivity contribution >= 4 is 23.3 Å². The minimum Gasteiger partial charge on any atom is -0.337 e. The number of hydrogen-bond donors (Lipinski definition) is 1. The Morgan fingerprint density at radius 2 is 1.96 bits per heavy atom. The van der Waals surface area contributed by atoms with E-state index in [1.807, 2.05) is 11.0 Å². The van der Waals surface area contributed by atoms with Gasteiger partial charge in [0.05, 0.1) is 0 Å². The molecule has 6 nitrogen and oxygen atoms in total. The van der Waals surface area contributed by atoms with Gasteiger partial charge in [-0.25, -0.2) is 9.97 Å². The molecule has 0 bridgehead atoms. The Morgan fingerprint density at radius 1 is 1.17 bits per heavy atom. The van der Waals surface area contributed by atoms with Crippen molar-refractivity contribution in [1.29, 1.82) is 0 Å². The summed E-state index contributed by atoms with van der Waals surface area (Å²) in [5.41, 5.74) is 1.70. The monoisotopic (exact) mass is 310 g/mol. The predicted molar refractivity (Wildman–Crippen MR) is 86.9 cm³/mol. The molecule has 1 aromatic carbocycles. The molecule has 1 aliphatic rings. The normalized spacial score (nSPS) is 13.9. The molecular formula is C17H18N4O2. The summed E-state index contributed by atoms with van der Waals surface area (Å²) >= 11 is 0. The van der Waals surface area contributed by atoms with E-state index < -0.39 is 0 Å². The summed E-state index contributed by atoms with van der Waals surface area (Å²) in [5, 5.41) is 3.04. The number of likely N-dealkylation sites (tertiary alicyclic amines) is 1. The number of carbonyl (C=O) groups excluding carboxylic acids is 2. The van der Waals surface area contributed by atoms with Gasteiger partial charge in [0.15, 0.2) is 5.78 Å². The van der Waals surface area contributed by atoms with Gasteiger partial charge in [0, 0.05) is 30.5 Å². The number of rotatable bonds is 4. The molecule has 23 heavy (non-hydrogen) atoms. The van der Waals surface area contributed by atoms with E-state index in [1.165, 1.54) is 6.92 Å². The molecule has 1 fully saturated rings. The second kappa shape index (κ2) is 6.56. The second-order valence-corrected chi connectivity index (χ2v) is 5.53. The average Bonchev–Trinajstić information content (AvgIpc) is 3.09. The Balaban J connectivity index is 1.78. The summed E-state index contributed by atoms with van der Waals surface area (Å²) in [7, 11) is 0. The van der Waals surface area contributed by atoms with Crippen LogP contribution >= 0.6 is 0 Å². The first-order chi connectivity index (χ1) is 11.1. The number of carbonyl (C=O) groups is 2. The molecule has 0 atom stereocenters. The molecule has 3 rings (SSSR count). The lowest BCUT2D eigenvalue weighted by Gasteiger charge is -2.14. The van der Waals surface area contributed by atoms with Gasteiger partial charge in [0.25, 0.3) is 5.91 Å². The SMILES string of the molecule is CC(=O)c1cccc(Nc2nccc(C(=O)N3CCCC3)n2)c1. The molecule has 0 spiro atoms. The van der Waals surface area contributed by atoms with Gasteiger partial charge in [-0.15, -0.1) is 0 Å². The summed E-state index contributed by atoms with van der Waals surface area (Å²) in [6.45, 7) is 3.09. The molecule has 0 unspecified atom stereocenters. The first-order valence-corrected chi connectivity index (χ1v) is 7.64. The van der Waals surface area contributed by atoms with Crippen LogP contribution in [-0.2, 0) is 0 Å². The van der Waals surface area contributed by atoms with Gasteiger partial charge < -0.3 is 10.2 Å². The Labute approximate surface area is 134 Å². The zero-order valence-corrected chi connectivity index (χ0v) is 13.0. The van der Waals surface area contributed by atoms with Crippen molar-refractivity contribution in [3.8, 4) is 0 Å². The van der Waals surface area contributed by atoms with Crippen LogP contribution in [0, 0.1) is 0 Å². The number of hydrogen-bond acceptors (Lipinski definition) is 5. The first kappa shape index (κ1) is 15.1. The molecule has 0 radical (unpaired) electrons. The number of benzene rings is 1. The number of nitrogens with zero attached hydrogens (tertiary/aromatic N) is 3. The maximum Gasteiger partial charge on any atom is 0.272 e. The Kier molecular flexibility index (Phi) is 4.32. The highest BCUT2D eigenvalue weighted by atomic mass is 16.2. The highest BCUT2D eigenvalue weighted by Crippen LogP contribution is 2.16. The van der Waals surface area contributed by atoms with Crippen LogP contribution in [0.4, 0.5) is 11.6 Å². The molecule has 2 aromatic rings. The van der Waals surface area contributed by atoms with Crippen molar-refractivity contribution < 1.29 is 9.59 Å². The molecule has 1 amide bonds. The Hall–Kier alpha value is -2.76. The fourth-order valence-corrected chi connectivity index (χ4v) is 2.57. The van der Waals surface area contributed by atoms with Crippen molar-refractivity contribution in [2.24, 2.45) is 0 Å². The van der Waals surface area contributed by atoms with Crippen LogP contribution in [0.1, 0.15) is 40.6 Å². The van der Waals surface area contributed by atoms with Crippen LogP contribution in [0.5, 0.6) is 0 Å². The summed E-state index contributed by atoms with van der Waals surface area (Å²) in [4.78, 5) is 34.0. The number of ketones is 1. The number of aromatic nitrogens is 2. The molecule has 1 N–H and O–H groups in total. The topological polar surface area (TPSA) is 75.2 Å². The number of anilines is 2. The third kappa shape index (κ3) is 3.53. The van der Waals surface area contributed by atoms with E-state index in [-0.39, 0.29) is 11.7 Å². The van der Waals surface area contributed by atoms with Crippen molar-refractivity contribution in [1.82, 2.24) is 14.9 Å². The lowest BCUT2D eigenvalue weighted by Crippen LogP contribution is -2.28. The number of Topliss-reactive ketones (excluding diaryl/α,β-unsaturated/α-hetero) is 1. The maximum atomic E-state index is 12.4. The molecule has 1 saturated heterocycles. The van der Waals surface area contributed by atoms with E-state index in [0.717, 1.165) is 25.9 Å². The summed E-state index contributed by atoms with van der Waals surface area (Å²) in [5.74, 6) is 0.272. The van der Waals surface area contributed by atoms with Gasteiger partial charge in [-0.2, -0.15) is 0 Å². The molecule has 2 heterocycles. The van der Waals surface area contributed by atoms with E-state index in [9.17, 15) is 9.59 Å². The fourth-order valence-electron chi connectivity index (χ4n) is 2.57. The lowest BCUT2D eigenvalue weighted by molar-refractivity contribution is 0.0786. The molecule has 1 aromatic heterocycles. The van der Waals surface area contributed by atoms with Crippen molar-refractivity contribution in [3.05, 3.63) is 47.8 Å². The Morgan fingerprint density at radius 3 is 2.70 bits per heavy atom. The smallest absolute Gasteiger partial charge is 0.272 e. The molecule has 118 valence electrons. The van der Waals surface area contributed by atoms with Gasteiger partial charge in [-0.05, 0) is 38.0 Å². The van der Waals surface area contributed by atoms with Crippen LogP contribution in [0.2, 0.25) is 0 Å². The summed E-state index contributed by atoms with van der Waals surface area (Å²) < 4.78 is 0. The fraction of sp³-hybridized carbons (Fsp3) is 0.294. The Bertz CT molecular complexity index is 739. The van der Waals surface area contributed by atoms with Crippen LogP contribution < -0.4 is 5.32 Å². The van der Waals surface area contributed by atoms with Crippen molar-refractivity contribution in [2.75, 3.05) is 18.4 Å². The zero-order valence-electron chi connectivity index (χ0n) is 13.0. The average molecular weight is 310 g/mol. The van der Waals surface area contributed by atoms with Gasteiger partial charge in [0.1, 0.15) is 5.69 Å². The molecule has 0 saturated carbocycles.